The first kappa shape index (κ1) is 15.4. The van der Waals surface area contributed by atoms with E-state index in [9.17, 15) is 9.59 Å². The monoisotopic (exact) mass is 367 g/mol. The highest BCUT2D eigenvalue weighted by Crippen LogP contribution is 2.41. The first-order chi connectivity index (χ1) is 10.6. The molecular formula is C15H18BrN3O3. The van der Waals surface area contributed by atoms with Crippen LogP contribution in [0.4, 0.5) is 0 Å². The summed E-state index contributed by atoms with van der Waals surface area (Å²) >= 11 is 3.30. The number of carbonyl (C=O) groups excluding carboxylic acids is 2. The Labute approximate surface area is 137 Å². The number of carbonyl (C=O) groups is 2. The highest BCUT2D eigenvalue weighted by atomic mass is 79.9. The molecule has 0 aromatic carbocycles. The minimum absolute atomic E-state index is 0.113. The van der Waals surface area contributed by atoms with Crippen LogP contribution < -0.4 is 10.6 Å². The Morgan fingerprint density at radius 1 is 1.50 bits per heavy atom. The molecule has 2 aliphatic rings. The molecule has 6 nitrogen and oxygen atoms in total. The smallest absolute Gasteiger partial charge is 0.312 e. The highest BCUT2D eigenvalue weighted by Gasteiger charge is 2.49. The third-order valence-electron chi connectivity index (χ3n) is 4.39. The van der Waals surface area contributed by atoms with Crippen molar-refractivity contribution in [1.82, 2.24) is 15.6 Å². The van der Waals surface area contributed by atoms with Crippen molar-refractivity contribution in [2.24, 2.45) is 5.41 Å². The lowest BCUT2D eigenvalue weighted by Gasteiger charge is -2.29. The SMILES string of the molecule is O=C(NCC1CC2(CCNCC2)C(=O)O1)c1ccncc1Br. The van der Waals surface area contributed by atoms with Gasteiger partial charge in [-0.05, 0) is 47.9 Å². The fraction of sp³-hybridized carbons (Fsp3) is 0.533. The molecule has 0 bridgehead atoms. The maximum Gasteiger partial charge on any atom is 0.312 e. The van der Waals surface area contributed by atoms with Crippen molar-refractivity contribution in [3.8, 4) is 0 Å². The van der Waals surface area contributed by atoms with Crippen LogP contribution in [0.2, 0.25) is 0 Å². The molecule has 2 saturated heterocycles. The molecule has 2 N–H and O–H groups in total. The number of esters is 1. The largest absolute Gasteiger partial charge is 0.460 e. The van der Waals surface area contributed by atoms with Crippen LogP contribution in [0.1, 0.15) is 29.6 Å². The maximum atomic E-state index is 12.2. The normalized spacial score (nSPS) is 23.3. The Balaban J connectivity index is 1.58. The van der Waals surface area contributed by atoms with Crippen LogP contribution in [-0.2, 0) is 9.53 Å². The van der Waals surface area contributed by atoms with Crippen LogP contribution in [0.3, 0.4) is 0 Å². The lowest BCUT2D eigenvalue weighted by Crippen LogP contribution is -2.39. The molecule has 1 amide bonds. The number of ether oxygens (including phenoxy) is 1. The second-order valence-corrected chi connectivity index (χ2v) is 6.68. The summed E-state index contributed by atoms with van der Waals surface area (Å²) in [5.41, 5.74) is 0.175. The van der Waals surface area contributed by atoms with Gasteiger partial charge in [0.25, 0.3) is 5.91 Å². The third-order valence-corrected chi connectivity index (χ3v) is 5.03. The Morgan fingerprint density at radius 2 is 2.27 bits per heavy atom. The summed E-state index contributed by atoms with van der Waals surface area (Å²) in [7, 11) is 0. The van der Waals surface area contributed by atoms with E-state index in [0.717, 1.165) is 25.9 Å². The molecule has 0 aliphatic carbocycles. The molecule has 3 rings (SSSR count). The zero-order chi connectivity index (χ0) is 15.6. The van der Waals surface area contributed by atoms with Gasteiger partial charge in [-0.25, -0.2) is 0 Å². The molecule has 2 fully saturated rings. The first-order valence-corrected chi connectivity index (χ1v) is 8.19. The van der Waals surface area contributed by atoms with E-state index >= 15 is 0 Å². The molecule has 1 atom stereocenters. The van der Waals surface area contributed by atoms with Crippen molar-refractivity contribution in [2.45, 2.75) is 25.4 Å². The molecule has 1 spiro atoms. The Morgan fingerprint density at radius 3 is 3.00 bits per heavy atom. The minimum Gasteiger partial charge on any atom is -0.460 e. The summed E-state index contributed by atoms with van der Waals surface area (Å²) in [6.07, 6.45) is 5.22. The van der Waals surface area contributed by atoms with Crippen molar-refractivity contribution < 1.29 is 14.3 Å². The van der Waals surface area contributed by atoms with E-state index in [2.05, 4.69) is 31.5 Å². The van der Waals surface area contributed by atoms with E-state index in [1.807, 2.05) is 0 Å². The number of nitrogens with zero attached hydrogens (tertiary/aromatic N) is 1. The number of cyclic esters (lactones) is 1. The zero-order valence-electron chi connectivity index (χ0n) is 12.1. The molecule has 1 aromatic rings. The molecule has 0 radical (unpaired) electrons. The van der Waals surface area contributed by atoms with Crippen molar-refractivity contribution in [2.75, 3.05) is 19.6 Å². The maximum absolute atomic E-state index is 12.2. The number of hydrogen-bond donors (Lipinski definition) is 2. The van der Waals surface area contributed by atoms with E-state index in [4.69, 9.17) is 4.74 Å². The Kier molecular flexibility index (Phi) is 4.44. The topological polar surface area (TPSA) is 80.3 Å². The Hall–Kier alpha value is -1.47. The first-order valence-electron chi connectivity index (χ1n) is 7.40. The van der Waals surface area contributed by atoms with E-state index in [1.165, 1.54) is 0 Å². The van der Waals surface area contributed by atoms with Crippen molar-refractivity contribution >= 4 is 27.8 Å². The molecule has 22 heavy (non-hydrogen) atoms. The average Bonchev–Trinajstić information content (AvgIpc) is 2.82. The second-order valence-electron chi connectivity index (χ2n) is 5.83. The van der Waals surface area contributed by atoms with E-state index in [0.29, 0.717) is 23.0 Å². The van der Waals surface area contributed by atoms with Crippen molar-refractivity contribution in [1.29, 1.82) is 0 Å². The predicted molar refractivity (Wildman–Crippen MR) is 83.3 cm³/mol. The van der Waals surface area contributed by atoms with Gasteiger partial charge in [-0.2, -0.15) is 0 Å². The number of rotatable bonds is 3. The van der Waals surface area contributed by atoms with Gasteiger partial charge in [0, 0.05) is 23.3 Å². The highest BCUT2D eigenvalue weighted by molar-refractivity contribution is 9.10. The second kappa shape index (κ2) is 6.34. The van der Waals surface area contributed by atoms with Gasteiger partial charge in [0.2, 0.25) is 0 Å². The van der Waals surface area contributed by atoms with Crippen molar-refractivity contribution in [3.63, 3.8) is 0 Å². The minimum atomic E-state index is -0.349. The van der Waals surface area contributed by atoms with Gasteiger partial charge >= 0.3 is 5.97 Å². The molecule has 118 valence electrons. The third kappa shape index (κ3) is 3.01. The Bertz CT molecular complexity index is 587. The van der Waals surface area contributed by atoms with Crippen molar-refractivity contribution in [3.05, 3.63) is 28.5 Å². The summed E-state index contributed by atoms with van der Waals surface area (Å²) in [6, 6.07) is 1.65. The fourth-order valence-electron chi connectivity index (χ4n) is 3.13. The number of aromatic nitrogens is 1. The van der Waals surface area contributed by atoms with E-state index in [-0.39, 0.29) is 23.4 Å². The summed E-state index contributed by atoms with van der Waals surface area (Å²) in [5.74, 6) is -0.310. The van der Waals surface area contributed by atoms with E-state index < -0.39 is 0 Å². The molecule has 0 saturated carbocycles. The average molecular weight is 368 g/mol. The predicted octanol–water partition coefficient (Wildman–Crippen LogP) is 1.26. The van der Waals surface area contributed by atoms with Crippen LogP contribution in [0.15, 0.2) is 22.9 Å². The summed E-state index contributed by atoms with van der Waals surface area (Å²) in [4.78, 5) is 28.2. The number of halogens is 1. The molecule has 1 aromatic heterocycles. The van der Waals surface area contributed by atoms with Crippen LogP contribution in [0.5, 0.6) is 0 Å². The quantitative estimate of drug-likeness (QED) is 0.786. The fourth-order valence-corrected chi connectivity index (χ4v) is 3.56. The van der Waals surface area contributed by atoms with Crippen LogP contribution in [0.25, 0.3) is 0 Å². The molecule has 3 heterocycles. The number of hydrogen-bond acceptors (Lipinski definition) is 5. The van der Waals surface area contributed by atoms with Gasteiger partial charge < -0.3 is 15.4 Å². The molecular weight excluding hydrogens is 350 g/mol. The lowest BCUT2D eigenvalue weighted by atomic mass is 9.76. The standard InChI is InChI=1S/C15H18BrN3O3/c16-12-9-18-4-1-11(12)13(20)19-8-10-7-15(14(21)22-10)2-5-17-6-3-15/h1,4,9-10,17H,2-3,5-8H2,(H,19,20). The van der Waals surface area contributed by atoms with Crippen LogP contribution in [0, 0.1) is 5.41 Å². The van der Waals surface area contributed by atoms with Gasteiger partial charge in [0.05, 0.1) is 17.5 Å². The summed E-state index contributed by atoms with van der Waals surface area (Å²) in [6.45, 7) is 2.03. The van der Waals surface area contributed by atoms with Gasteiger partial charge in [0.1, 0.15) is 6.10 Å². The van der Waals surface area contributed by atoms with Gasteiger partial charge in [0.15, 0.2) is 0 Å². The molecule has 7 heteroatoms. The number of nitrogens with one attached hydrogen (secondary N) is 2. The van der Waals surface area contributed by atoms with Gasteiger partial charge in [-0.3, -0.25) is 14.6 Å². The summed E-state index contributed by atoms with van der Waals surface area (Å²) in [5, 5.41) is 6.10. The van der Waals surface area contributed by atoms with Crippen LogP contribution in [-0.4, -0.2) is 42.6 Å². The zero-order valence-corrected chi connectivity index (χ0v) is 13.7. The number of amides is 1. The number of pyridine rings is 1. The molecule has 2 aliphatic heterocycles. The summed E-state index contributed by atoms with van der Waals surface area (Å²) < 4.78 is 6.11. The lowest BCUT2D eigenvalue weighted by molar-refractivity contribution is -0.149. The van der Waals surface area contributed by atoms with Crippen LogP contribution >= 0.6 is 15.9 Å². The van der Waals surface area contributed by atoms with E-state index in [1.54, 1.807) is 18.5 Å². The number of piperidine rings is 1. The van der Waals surface area contributed by atoms with Gasteiger partial charge in [-0.15, -0.1) is 0 Å². The molecule has 1 unspecified atom stereocenters. The van der Waals surface area contributed by atoms with Gasteiger partial charge in [-0.1, -0.05) is 0 Å².